The molecule has 0 amide bonds. The van der Waals surface area contributed by atoms with E-state index in [2.05, 4.69) is 26.0 Å². The van der Waals surface area contributed by atoms with Gasteiger partial charge in [-0.3, -0.25) is 0 Å². The van der Waals surface area contributed by atoms with Crippen molar-refractivity contribution < 1.29 is 13.5 Å². The Morgan fingerprint density at radius 2 is 2.17 bits per heavy atom. The van der Waals surface area contributed by atoms with Crippen molar-refractivity contribution in [2.45, 2.75) is 11.5 Å². The van der Waals surface area contributed by atoms with Crippen LogP contribution in [0.2, 0.25) is 0 Å². The van der Waals surface area contributed by atoms with Crippen LogP contribution in [0.25, 0.3) is 5.82 Å². The Hall–Kier alpha value is -1.25. The molecule has 0 aromatic carbocycles. The van der Waals surface area contributed by atoms with Crippen molar-refractivity contribution in [1.82, 2.24) is 14.8 Å². The summed E-state index contributed by atoms with van der Waals surface area (Å²) in [5, 5.41) is 13.1. The number of hydrogen-bond donors (Lipinski definition) is 1. The molecule has 0 saturated carbocycles. The fourth-order valence-corrected chi connectivity index (χ4v) is 2.21. The Kier molecular flexibility index (Phi) is 3.51. The number of hydrogen-bond acceptors (Lipinski definition) is 5. The summed E-state index contributed by atoms with van der Waals surface area (Å²) < 4.78 is 24.7. The maximum atomic E-state index is 11.3. The zero-order valence-electron chi connectivity index (χ0n) is 9.41. The number of aliphatic hydroxyl groups is 1. The van der Waals surface area contributed by atoms with E-state index in [1.165, 1.54) is 23.3 Å². The van der Waals surface area contributed by atoms with Gasteiger partial charge in [-0.25, -0.2) is 18.1 Å². The molecule has 0 saturated heterocycles. The summed E-state index contributed by atoms with van der Waals surface area (Å²) in [5.74, 6) is 0.442. The number of nitrogens with zero attached hydrogens (tertiary/aromatic N) is 3. The van der Waals surface area contributed by atoms with Gasteiger partial charge < -0.3 is 5.11 Å². The molecule has 96 valence electrons. The van der Waals surface area contributed by atoms with Gasteiger partial charge in [-0.05, 0) is 27.6 Å². The van der Waals surface area contributed by atoms with Crippen LogP contribution in [0.1, 0.15) is 5.56 Å². The van der Waals surface area contributed by atoms with Crippen LogP contribution in [-0.2, 0) is 16.4 Å². The Morgan fingerprint density at radius 1 is 1.44 bits per heavy atom. The highest BCUT2D eigenvalue weighted by atomic mass is 79.9. The van der Waals surface area contributed by atoms with E-state index in [4.69, 9.17) is 5.11 Å². The molecule has 2 aromatic rings. The average molecular weight is 332 g/mol. The van der Waals surface area contributed by atoms with E-state index in [0.29, 0.717) is 15.9 Å². The summed E-state index contributed by atoms with van der Waals surface area (Å²) in [5.41, 5.74) is 0.649. The number of pyridine rings is 1. The van der Waals surface area contributed by atoms with E-state index < -0.39 is 9.84 Å². The predicted molar refractivity (Wildman–Crippen MR) is 68.1 cm³/mol. The lowest BCUT2D eigenvalue weighted by Crippen LogP contribution is -2.00. The average Bonchev–Trinajstić information content (AvgIpc) is 2.78. The molecule has 0 aliphatic carbocycles. The van der Waals surface area contributed by atoms with Gasteiger partial charge in [-0.1, -0.05) is 0 Å². The van der Waals surface area contributed by atoms with E-state index >= 15 is 0 Å². The molecule has 2 heterocycles. The van der Waals surface area contributed by atoms with Gasteiger partial charge in [0.2, 0.25) is 0 Å². The van der Waals surface area contributed by atoms with Gasteiger partial charge in [-0.15, -0.1) is 0 Å². The smallest absolute Gasteiger partial charge is 0.178 e. The monoisotopic (exact) mass is 331 g/mol. The highest BCUT2D eigenvalue weighted by molar-refractivity contribution is 9.10. The summed E-state index contributed by atoms with van der Waals surface area (Å²) in [6.45, 7) is -0.143. The Labute approximate surface area is 112 Å². The zero-order chi connectivity index (χ0) is 13.3. The second-order valence-corrected chi connectivity index (χ2v) is 6.55. The number of aromatic nitrogens is 3. The lowest BCUT2D eigenvalue weighted by Gasteiger charge is -2.04. The van der Waals surface area contributed by atoms with Gasteiger partial charge in [0.05, 0.1) is 19.0 Å². The van der Waals surface area contributed by atoms with E-state index in [-0.39, 0.29) is 11.5 Å². The fraction of sp³-hybridized carbons (Fsp3) is 0.200. The van der Waals surface area contributed by atoms with E-state index in [0.717, 1.165) is 6.26 Å². The van der Waals surface area contributed by atoms with Gasteiger partial charge >= 0.3 is 0 Å². The molecule has 0 bridgehead atoms. The van der Waals surface area contributed by atoms with Gasteiger partial charge in [0, 0.05) is 16.9 Å². The third-order valence-corrected chi connectivity index (χ3v) is 4.09. The van der Waals surface area contributed by atoms with Crippen LogP contribution in [0.3, 0.4) is 0 Å². The van der Waals surface area contributed by atoms with Crippen molar-refractivity contribution in [3.05, 3.63) is 34.7 Å². The van der Waals surface area contributed by atoms with Crippen LogP contribution in [-0.4, -0.2) is 34.5 Å². The molecule has 0 spiro atoms. The van der Waals surface area contributed by atoms with E-state index in [1.54, 1.807) is 6.07 Å². The maximum Gasteiger partial charge on any atom is 0.178 e. The second kappa shape index (κ2) is 4.79. The summed E-state index contributed by atoms with van der Waals surface area (Å²) >= 11 is 3.25. The molecule has 0 fully saturated rings. The minimum atomic E-state index is -3.28. The van der Waals surface area contributed by atoms with Crippen molar-refractivity contribution in [3.63, 3.8) is 0 Å². The first-order chi connectivity index (χ1) is 8.41. The van der Waals surface area contributed by atoms with Crippen molar-refractivity contribution in [1.29, 1.82) is 0 Å². The summed E-state index contributed by atoms with van der Waals surface area (Å²) in [7, 11) is -3.28. The van der Waals surface area contributed by atoms with Crippen LogP contribution >= 0.6 is 15.9 Å². The molecule has 8 heteroatoms. The van der Waals surface area contributed by atoms with Crippen LogP contribution in [0.4, 0.5) is 0 Å². The predicted octanol–water partition coefficient (Wildman–Crippen LogP) is 0.926. The molecule has 0 unspecified atom stereocenters. The zero-order valence-corrected chi connectivity index (χ0v) is 11.8. The molecule has 0 radical (unpaired) electrons. The quantitative estimate of drug-likeness (QED) is 0.904. The minimum absolute atomic E-state index is 0.123. The highest BCUT2D eigenvalue weighted by Crippen LogP contribution is 2.18. The molecule has 0 aliphatic rings. The Bertz CT molecular complexity index is 681. The molecular formula is C10H10BrN3O3S. The number of rotatable bonds is 3. The molecule has 0 atom stereocenters. The highest BCUT2D eigenvalue weighted by Gasteiger charge is 2.12. The number of sulfone groups is 1. The normalized spacial score (nSPS) is 11.7. The maximum absolute atomic E-state index is 11.3. The lowest BCUT2D eigenvalue weighted by atomic mass is 10.3. The fourth-order valence-electron chi connectivity index (χ4n) is 1.34. The third-order valence-electron chi connectivity index (χ3n) is 2.31. The van der Waals surface area contributed by atoms with Crippen LogP contribution in [0, 0.1) is 0 Å². The molecule has 6 nitrogen and oxygen atoms in total. The largest absolute Gasteiger partial charge is 0.392 e. The molecule has 1 N–H and O–H groups in total. The van der Waals surface area contributed by atoms with Gasteiger partial charge in [0.15, 0.2) is 15.7 Å². The Morgan fingerprint density at radius 3 is 2.72 bits per heavy atom. The van der Waals surface area contributed by atoms with Gasteiger partial charge in [0.25, 0.3) is 0 Å². The van der Waals surface area contributed by atoms with Crippen LogP contribution in [0.5, 0.6) is 0 Å². The molecule has 2 aromatic heterocycles. The second-order valence-electron chi connectivity index (χ2n) is 3.68. The first-order valence-corrected chi connectivity index (χ1v) is 7.60. The molecule has 18 heavy (non-hydrogen) atoms. The van der Waals surface area contributed by atoms with Crippen LogP contribution in [0.15, 0.2) is 34.0 Å². The SMILES string of the molecule is CS(=O)(=O)c1cnn(-c2cc(CO)c(Br)cn2)c1. The number of halogens is 1. The van der Waals surface area contributed by atoms with Crippen molar-refractivity contribution in [2.75, 3.05) is 6.26 Å². The molecular weight excluding hydrogens is 322 g/mol. The summed E-state index contributed by atoms with van der Waals surface area (Å²) in [6.07, 6.45) is 5.29. The first kappa shape index (κ1) is 13.2. The summed E-state index contributed by atoms with van der Waals surface area (Å²) in [4.78, 5) is 4.22. The van der Waals surface area contributed by atoms with Crippen LogP contribution < -0.4 is 0 Å². The molecule has 0 aliphatic heterocycles. The first-order valence-electron chi connectivity index (χ1n) is 4.92. The van der Waals surface area contributed by atoms with Gasteiger partial charge in [-0.2, -0.15) is 5.10 Å². The molecule has 2 rings (SSSR count). The lowest BCUT2D eigenvalue weighted by molar-refractivity contribution is 0.281. The van der Waals surface area contributed by atoms with E-state index in [1.807, 2.05) is 0 Å². The third kappa shape index (κ3) is 2.60. The topological polar surface area (TPSA) is 85.1 Å². The minimum Gasteiger partial charge on any atom is -0.392 e. The van der Waals surface area contributed by atoms with Crippen molar-refractivity contribution in [3.8, 4) is 5.82 Å². The van der Waals surface area contributed by atoms with E-state index in [9.17, 15) is 8.42 Å². The Balaban J connectivity index is 2.46. The van der Waals surface area contributed by atoms with Crippen molar-refractivity contribution >= 4 is 25.8 Å². The summed E-state index contributed by atoms with van der Waals surface area (Å²) in [6, 6.07) is 1.63. The van der Waals surface area contributed by atoms with Crippen molar-refractivity contribution in [2.24, 2.45) is 0 Å². The number of aliphatic hydroxyl groups excluding tert-OH is 1. The standard InChI is InChI=1S/C10H10BrN3O3S/c1-18(16,17)8-3-13-14(5-8)10-2-7(6-15)9(11)4-12-10/h2-5,15H,6H2,1H3. The van der Waals surface area contributed by atoms with Gasteiger partial charge in [0.1, 0.15) is 4.90 Å².